The van der Waals surface area contributed by atoms with Gasteiger partial charge in [-0.15, -0.1) is 0 Å². The lowest BCUT2D eigenvalue weighted by atomic mass is 10.2. The minimum atomic E-state index is 0.622. The second-order valence-electron chi connectivity index (χ2n) is 4.82. The largest absolute Gasteiger partial charge is 0.366 e. The fraction of sp³-hybridized carbons (Fsp3) is 0.0588. The zero-order valence-electron chi connectivity index (χ0n) is 12.3. The van der Waals surface area contributed by atoms with E-state index < -0.39 is 0 Å². The van der Waals surface area contributed by atoms with Gasteiger partial charge in [0.1, 0.15) is 18.0 Å². The summed E-state index contributed by atoms with van der Waals surface area (Å²) in [7, 11) is 0. The van der Waals surface area contributed by atoms with E-state index >= 15 is 0 Å². The molecule has 0 spiro atoms. The Kier molecular flexibility index (Phi) is 4.41. The molecule has 0 saturated heterocycles. The Labute approximate surface area is 133 Å². The van der Waals surface area contributed by atoms with Crippen LogP contribution in [0, 0.1) is 11.3 Å². The molecule has 2 aromatic heterocycles. The fourth-order valence-corrected chi connectivity index (χ4v) is 1.99. The molecule has 0 atom stereocenters. The van der Waals surface area contributed by atoms with Crippen LogP contribution in [-0.2, 0) is 6.54 Å². The van der Waals surface area contributed by atoms with Crippen molar-refractivity contribution in [2.24, 2.45) is 0 Å². The third kappa shape index (κ3) is 4.02. The van der Waals surface area contributed by atoms with Gasteiger partial charge in [0, 0.05) is 30.7 Å². The topological polar surface area (TPSA) is 86.5 Å². The van der Waals surface area contributed by atoms with Crippen LogP contribution in [0.25, 0.3) is 0 Å². The highest BCUT2D eigenvalue weighted by Crippen LogP contribution is 2.17. The third-order valence-electron chi connectivity index (χ3n) is 3.15. The van der Waals surface area contributed by atoms with Crippen LogP contribution in [0.4, 0.5) is 17.3 Å². The van der Waals surface area contributed by atoms with Gasteiger partial charge in [0.05, 0.1) is 11.6 Å². The van der Waals surface area contributed by atoms with Crippen LogP contribution in [0.15, 0.2) is 61.2 Å². The molecule has 0 aliphatic rings. The van der Waals surface area contributed by atoms with E-state index in [1.807, 2.05) is 36.5 Å². The first-order valence-electron chi connectivity index (χ1n) is 7.05. The van der Waals surface area contributed by atoms with Crippen LogP contribution in [0.1, 0.15) is 11.1 Å². The number of aromatic nitrogens is 3. The van der Waals surface area contributed by atoms with Gasteiger partial charge in [-0.05, 0) is 35.9 Å². The molecule has 0 aliphatic carbocycles. The Morgan fingerprint density at radius 1 is 1.04 bits per heavy atom. The van der Waals surface area contributed by atoms with Gasteiger partial charge in [0.25, 0.3) is 0 Å². The Bertz CT molecular complexity index is 808. The Balaban J connectivity index is 1.66. The summed E-state index contributed by atoms with van der Waals surface area (Å²) in [6, 6.07) is 15.0. The average Bonchev–Trinajstić information content (AvgIpc) is 2.62. The molecule has 3 aromatic rings. The minimum absolute atomic E-state index is 0.622. The maximum atomic E-state index is 8.80. The van der Waals surface area contributed by atoms with Crippen molar-refractivity contribution < 1.29 is 0 Å². The minimum Gasteiger partial charge on any atom is -0.366 e. The Hall–Kier alpha value is -3.46. The Morgan fingerprint density at radius 2 is 1.87 bits per heavy atom. The highest BCUT2D eigenvalue weighted by atomic mass is 15.1. The van der Waals surface area contributed by atoms with E-state index in [0.29, 0.717) is 17.9 Å². The zero-order chi connectivity index (χ0) is 15.9. The molecule has 0 aliphatic heterocycles. The van der Waals surface area contributed by atoms with Crippen LogP contribution < -0.4 is 10.6 Å². The standard InChI is InChI=1S/C17H14N6/c18-9-13-3-5-15(6-4-13)23-17-8-16(21-12-22-17)20-11-14-2-1-7-19-10-14/h1-8,10,12H,11H2,(H2,20,21,22,23). The smallest absolute Gasteiger partial charge is 0.135 e. The highest BCUT2D eigenvalue weighted by molar-refractivity contribution is 5.59. The summed E-state index contributed by atoms with van der Waals surface area (Å²) >= 11 is 0. The van der Waals surface area contributed by atoms with Crippen molar-refractivity contribution in [1.82, 2.24) is 15.0 Å². The van der Waals surface area contributed by atoms with Crippen LogP contribution in [0.5, 0.6) is 0 Å². The van der Waals surface area contributed by atoms with Crippen molar-refractivity contribution in [2.75, 3.05) is 10.6 Å². The maximum Gasteiger partial charge on any atom is 0.135 e. The average molecular weight is 302 g/mol. The summed E-state index contributed by atoms with van der Waals surface area (Å²) in [4.78, 5) is 12.5. The number of anilines is 3. The number of benzene rings is 1. The molecule has 2 heterocycles. The quantitative estimate of drug-likeness (QED) is 0.753. The summed E-state index contributed by atoms with van der Waals surface area (Å²) in [5, 5.41) is 15.2. The number of nitriles is 1. The van der Waals surface area contributed by atoms with Crippen molar-refractivity contribution in [3.05, 3.63) is 72.3 Å². The number of hydrogen-bond donors (Lipinski definition) is 2. The molecule has 0 saturated carbocycles. The summed E-state index contributed by atoms with van der Waals surface area (Å²) in [5.74, 6) is 1.40. The van der Waals surface area contributed by atoms with Crippen LogP contribution >= 0.6 is 0 Å². The second kappa shape index (κ2) is 7.00. The van der Waals surface area contributed by atoms with Crippen LogP contribution in [0.3, 0.4) is 0 Å². The van der Waals surface area contributed by atoms with Gasteiger partial charge in [-0.2, -0.15) is 5.26 Å². The molecule has 0 bridgehead atoms. The zero-order valence-corrected chi connectivity index (χ0v) is 12.3. The number of nitrogens with zero attached hydrogens (tertiary/aromatic N) is 4. The normalized spacial score (nSPS) is 9.87. The van der Waals surface area contributed by atoms with Gasteiger partial charge in [-0.3, -0.25) is 4.98 Å². The molecule has 6 heteroatoms. The van der Waals surface area contributed by atoms with Crippen molar-refractivity contribution in [2.45, 2.75) is 6.54 Å². The van der Waals surface area contributed by atoms with E-state index in [-0.39, 0.29) is 0 Å². The molecule has 112 valence electrons. The first-order valence-corrected chi connectivity index (χ1v) is 7.05. The van der Waals surface area contributed by atoms with E-state index in [0.717, 1.165) is 17.1 Å². The summed E-state index contributed by atoms with van der Waals surface area (Å²) < 4.78 is 0. The van der Waals surface area contributed by atoms with Gasteiger partial charge < -0.3 is 10.6 Å². The number of nitrogens with one attached hydrogen (secondary N) is 2. The van der Waals surface area contributed by atoms with E-state index in [1.54, 1.807) is 18.3 Å². The molecule has 23 heavy (non-hydrogen) atoms. The van der Waals surface area contributed by atoms with Crippen LogP contribution in [-0.4, -0.2) is 15.0 Å². The lowest BCUT2D eigenvalue weighted by Crippen LogP contribution is -2.03. The van der Waals surface area contributed by atoms with E-state index in [9.17, 15) is 0 Å². The first kappa shape index (κ1) is 14.5. The van der Waals surface area contributed by atoms with Gasteiger partial charge in [0.15, 0.2) is 0 Å². The lowest BCUT2D eigenvalue weighted by molar-refractivity contribution is 1.07. The fourth-order valence-electron chi connectivity index (χ4n) is 1.99. The predicted octanol–water partition coefficient (Wildman–Crippen LogP) is 3.10. The van der Waals surface area contributed by atoms with E-state index in [1.165, 1.54) is 6.33 Å². The first-order chi connectivity index (χ1) is 11.3. The number of pyridine rings is 1. The van der Waals surface area contributed by atoms with Gasteiger partial charge >= 0.3 is 0 Å². The molecule has 3 rings (SSSR count). The van der Waals surface area contributed by atoms with E-state index in [2.05, 4.69) is 31.7 Å². The Morgan fingerprint density at radius 3 is 2.61 bits per heavy atom. The molecular weight excluding hydrogens is 288 g/mol. The second-order valence-corrected chi connectivity index (χ2v) is 4.82. The predicted molar refractivity (Wildman–Crippen MR) is 88.0 cm³/mol. The molecule has 6 nitrogen and oxygen atoms in total. The monoisotopic (exact) mass is 302 g/mol. The maximum absolute atomic E-state index is 8.80. The lowest BCUT2D eigenvalue weighted by Gasteiger charge is -2.08. The third-order valence-corrected chi connectivity index (χ3v) is 3.15. The van der Waals surface area contributed by atoms with E-state index in [4.69, 9.17) is 5.26 Å². The molecule has 0 unspecified atom stereocenters. The molecule has 0 fully saturated rings. The highest BCUT2D eigenvalue weighted by Gasteiger charge is 2.00. The van der Waals surface area contributed by atoms with Crippen molar-refractivity contribution in [1.29, 1.82) is 5.26 Å². The van der Waals surface area contributed by atoms with Gasteiger partial charge in [0.2, 0.25) is 0 Å². The van der Waals surface area contributed by atoms with Crippen molar-refractivity contribution in [3.63, 3.8) is 0 Å². The van der Waals surface area contributed by atoms with Crippen LogP contribution in [0.2, 0.25) is 0 Å². The SMILES string of the molecule is N#Cc1ccc(Nc2cc(NCc3cccnc3)ncn2)cc1. The van der Waals surface area contributed by atoms with Gasteiger partial charge in [-0.1, -0.05) is 6.07 Å². The molecular formula is C17H14N6. The summed E-state index contributed by atoms with van der Waals surface area (Å²) in [6.45, 7) is 0.640. The molecule has 2 N–H and O–H groups in total. The summed E-state index contributed by atoms with van der Waals surface area (Å²) in [6.07, 6.45) is 5.05. The van der Waals surface area contributed by atoms with Crippen molar-refractivity contribution in [3.8, 4) is 6.07 Å². The molecule has 0 amide bonds. The molecule has 1 aromatic carbocycles. The summed E-state index contributed by atoms with van der Waals surface area (Å²) in [5.41, 5.74) is 2.56. The number of hydrogen-bond acceptors (Lipinski definition) is 6. The van der Waals surface area contributed by atoms with Crippen molar-refractivity contribution >= 4 is 17.3 Å². The molecule has 0 radical (unpaired) electrons. The van der Waals surface area contributed by atoms with Gasteiger partial charge in [-0.25, -0.2) is 9.97 Å². The number of rotatable bonds is 5.